The SMILES string of the molecule is CC(O)c1ccccc1NC(=O)C1Cc2ccccc21. The molecule has 2 N–H and O–H groups in total. The van der Waals surface area contributed by atoms with Crippen molar-refractivity contribution in [1.29, 1.82) is 0 Å². The molecule has 0 aromatic heterocycles. The van der Waals surface area contributed by atoms with Gasteiger partial charge in [0.25, 0.3) is 0 Å². The zero-order valence-corrected chi connectivity index (χ0v) is 11.3. The third-order valence-electron chi connectivity index (χ3n) is 3.84. The number of benzene rings is 2. The zero-order valence-electron chi connectivity index (χ0n) is 11.3. The van der Waals surface area contributed by atoms with E-state index in [1.54, 1.807) is 6.92 Å². The molecule has 2 unspecified atom stereocenters. The fourth-order valence-corrected chi connectivity index (χ4v) is 2.69. The van der Waals surface area contributed by atoms with Crippen LogP contribution in [0, 0.1) is 0 Å². The van der Waals surface area contributed by atoms with E-state index in [1.165, 1.54) is 5.56 Å². The molecule has 0 saturated carbocycles. The van der Waals surface area contributed by atoms with Gasteiger partial charge in [0.15, 0.2) is 0 Å². The van der Waals surface area contributed by atoms with Gasteiger partial charge in [-0.05, 0) is 30.5 Å². The number of carbonyl (C=O) groups excluding carboxylic acids is 1. The molecule has 1 amide bonds. The van der Waals surface area contributed by atoms with E-state index in [9.17, 15) is 9.90 Å². The molecule has 2 aromatic carbocycles. The van der Waals surface area contributed by atoms with E-state index in [0.29, 0.717) is 5.69 Å². The van der Waals surface area contributed by atoms with E-state index >= 15 is 0 Å². The van der Waals surface area contributed by atoms with Crippen molar-refractivity contribution in [3.05, 3.63) is 65.2 Å². The molecule has 3 nitrogen and oxygen atoms in total. The van der Waals surface area contributed by atoms with Crippen molar-refractivity contribution in [2.45, 2.75) is 25.4 Å². The highest BCUT2D eigenvalue weighted by molar-refractivity contribution is 5.98. The first-order valence-corrected chi connectivity index (χ1v) is 6.82. The van der Waals surface area contributed by atoms with Gasteiger partial charge in [0, 0.05) is 11.3 Å². The Bertz CT molecular complexity index is 649. The molecular formula is C17H17NO2. The molecule has 0 heterocycles. The topological polar surface area (TPSA) is 49.3 Å². The zero-order chi connectivity index (χ0) is 14.1. The van der Waals surface area contributed by atoms with Crippen molar-refractivity contribution in [3.63, 3.8) is 0 Å². The lowest BCUT2D eigenvalue weighted by atomic mass is 9.77. The number of hydrogen-bond acceptors (Lipinski definition) is 2. The second kappa shape index (κ2) is 5.10. The highest BCUT2D eigenvalue weighted by Gasteiger charge is 2.31. The Balaban J connectivity index is 1.79. The number of hydrogen-bond donors (Lipinski definition) is 2. The molecule has 0 radical (unpaired) electrons. The molecule has 20 heavy (non-hydrogen) atoms. The standard InChI is InChI=1S/C17H17NO2/c1-11(19)13-7-4-5-9-16(13)18-17(20)15-10-12-6-2-3-8-14(12)15/h2-9,11,15,19H,10H2,1H3,(H,18,20). The number of amides is 1. The largest absolute Gasteiger partial charge is 0.389 e. The third-order valence-corrected chi connectivity index (χ3v) is 3.84. The minimum absolute atomic E-state index is 0.00296. The van der Waals surface area contributed by atoms with Crippen LogP contribution in [0.4, 0.5) is 5.69 Å². The molecule has 3 rings (SSSR count). The van der Waals surface area contributed by atoms with Gasteiger partial charge >= 0.3 is 0 Å². The van der Waals surface area contributed by atoms with Crippen LogP contribution in [0.1, 0.15) is 35.6 Å². The molecule has 0 bridgehead atoms. The average molecular weight is 267 g/mol. The summed E-state index contributed by atoms with van der Waals surface area (Å²) in [4.78, 5) is 12.3. The van der Waals surface area contributed by atoms with E-state index in [4.69, 9.17) is 0 Å². The minimum Gasteiger partial charge on any atom is -0.389 e. The van der Waals surface area contributed by atoms with Crippen LogP contribution in [0.5, 0.6) is 0 Å². The summed E-state index contributed by atoms with van der Waals surface area (Å²) >= 11 is 0. The summed E-state index contributed by atoms with van der Waals surface area (Å²) in [6, 6.07) is 15.4. The lowest BCUT2D eigenvalue weighted by Gasteiger charge is -2.29. The summed E-state index contributed by atoms with van der Waals surface area (Å²) in [7, 11) is 0. The predicted molar refractivity (Wildman–Crippen MR) is 78.6 cm³/mol. The van der Waals surface area contributed by atoms with E-state index in [-0.39, 0.29) is 11.8 Å². The number of fused-ring (bicyclic) bond motifs is 1. The average Bonchev–Trinajstić information content (AvgIpc) is 2.40. The number of nitrogens with one attached hydrogen (secondary N) is 1. The van der Waals surface area contributed by atoms with Gasteiger partial charge in [0.1, 0.15) is 0 Å². The lowest BCUT2D eigenvalue weighted by Crippen LogP contribution is -2.30. The molecule has 102 valence electrons. The van der Waals surface area contributed by atoms with Gasteiger partial charge in [-0.1, -0.05) is 42.5 Å². The lowest BCUT2D eigenvalue weighted by molar-refractivity contribution is -0.118. The Morgan fingerprint density at radius 1 is 1.20 bits per heavy atom. The van der Waals surface area contributed by atoms with Crippen molar-refractivity contribution in [2.24, 2.45) is 0 Å². The summed E-state index contributed by atoms with van der Waals surface area (Å²) in [5.74, 6) is -0.0787. The summed E-state index contributed by atoms with van der Waals surface area (Å²) < 4.78 is 0. The molecule has 1 aliphatic rings. The minimum atomic E-state index is -0.597. The van der Waals surface area contributed by atoms with Gasteiger partial charge in [-0.2, -0.15) is 0 Å². The van der Waals surface area contributed by atoms with Crippen LogP contribution in [0.2, 0.25) is 0 Å². The maximum atomic E-state index is 12.3. The molecule has 0 fully saturated rings. The van der Waals surface area contributed by atoms with Gasteiger partial charge in [0.05, 0.1) is 12.0 Å². The van der Waals surface area contributed by atoms with Crippen LogP contribution >= 0.6 is 0 Å². The van der Waals surface area contributed by atoms with E-state index in [0.717, 1.165) is 17.5 Å². The molecule has 0 aliphatic heterocycles. The third kappa shape index (κ3) is 2.21. The molecule has 3 heteroatoms. The first-order chi connectivity index (χ1) is 9.66. The van der Waals surface area contributed by atoms with Gasteiger partial charge in [0.2, 0.25) is 5.91 Å². The van der Waals surface area contributed by atoms with Crippen molar-refractivity contribution in [1.82, 2.24) is 0 Å². The van der Waals surface area contributed by atoms with Gasteiger partial charge in [-0.3, -0.25) is 4.79 Å². The summed E-state index contributed by atoms with van der Waals surface area (Å²) in [6.45, 7) is 1.70. The molecule has 1 aliphatic carbocycles. The molecular weight excluding hydrogens is 250 g/mol. The summed E-state index contributed by atoms with van der Waals surface area (Å²) in [5.41, 5.74) is 3.79. The molecule has 2 aromatic rings. The number of rotatable bonds is 3. The maximum Gasteiger partial charge on any atom is 0.232 e. The Labute approximate surface area is 118 Å². The van der Waals surface area contributed by atoms with Crippen LogP contribution in [0.25, 0.3) is 0 Å². The summed E-state index contributed by atoms with van der Waals surface area (Å²) in [6.07, 6.45) is 0.193. The smallest absolute Gasteiger partial charge is 0.232 e. The number of carbonyl (C=O) groups is 1. The fraction of sp³-hybridized carbons (Fsp3) is 0.235. The van der Waals surface area contributed by atoms with Crippen LogP contribution < -0.4 is 5.32 Å². The van der Waals surface area contributed by atoms with Crippen LogP contribution in [0.3, 0.4) is 0 Å². The van der Waals surface area contributed by atoms with Crippen LogP contribution in [-0.4, -0.2) is 11.0 Å². The van der Waals surface area contributed by atoms with E-state index < -0.39 is 6.10 Å². The Kier molecular flexibility index (Phi) is 3.28. The highest BCUT2D eigenvalue weighted by Crippen LogP contribution is 2.36. The van der Waals surface area contributed by atoms with Gasteiger partial charge in [-0.15, -0.1) is 0 Å². The normalized spacial score (nSPS) is 17.8. The second-order valence-electron chi connectivity index (χ2n) is 5.21. The van der Waals surface area contributed by atoms with Gasteiger partial charge < -0.3 is 10.4 Å². The Morgan fingerprint density at radius 2 is 1.90 bits per heavy atom. The second-order valence-corrected chi connectivity index (χ2v) is 5.21. The fourth-order valence-electron chi connectivity index (χ4n) is 2.69. The number of aliphatic hydroxyl groups is 1. The van der Waals surface area contributed by atoms with E-state index in [2.05, 4.69) is 11.4 Å². The van der Waals surface area contributed by atoms with Crippen molar-refractivity contribution < 1.29 is 9.90 Å². The number of anilines is 1. The van der Waals surface area contributed by atoms with Crippen LogP contribution in [0.15, 0.2) is 48.5 Å². The Morgan fingerprint density at radius 3 is 2.65 bits per heavy atom. The van der Waals surface area contributed by atoms with Crippen LogP contribution in [-0.2, 0) is 11.2 Å². The number of aliphatic hydroxyl groups excluding tert-OH is 1. The van der Waals surface area contributed by atoms with E-state index in [1.807, 2.05) is 42.5 Å². The predicted octanol–water partition coefficient (Wildman–Crippen LogP) is 3.02. The monoisotopic (exact) mass is 267 g/mol. The highest BCUT2D eigenvalue weighted by atomic mass is 16.3. The number of para-hydroxylation sites is 1. The quantitative estimate of drug-likeness (QED) is 0.898. The van der Waals surface area contributed by atoms with Crippen molar-refractivity contribution >= 4 is 11.6 Å². The first kappa shape index (κ1) is 12.9. The van der Waals surface area contributed by atoms with Gasteiger partial charge in [-0.25, -0.2) is 0 Å². The maximum absolute atomic E-state index is 12.3. The van der Waals surface area contributed by atoms with Crippen molar-refractivity contribution in [2.75, 3.05) is 5.32 Å². The molecule has 2 atom stereocenters. The summed E-state index contributed by atoms with van der Waals surface area (Å²) in [5, 5.41) is 12.7. The Hall–Kier alpha value is -2.13. The molecule has 0 spiro atoms. The molecule has 0 saturated heterocycles. The van der Waals surface area contributed by atoms with Crippen molar-refractivity contribution in [3.8, 4) is 0 Å². The first-order valence-electron chi connectivity index (χ1n) is 6.82.